The van der Waals surface area contributed by atoms with Gasteiger partial charge in [-0.3, -0.25) is 0 Å². The van der Waals surface area contributed by atoms with Crippen LogP contribution in [0.15, 0.2) is 23.1 Å². The summed E-state index contributed by atoms with van der Waals surface area (Å²) in [5.74, 6) is 0.315. The van der Waals surface area contributed by atoms with Crippen LogP contribution >= 0.6 is 0 Å². The fourth-order valence-corrected chi connectivity index (χ4v) is 4.58. The zero-order valence-electron chi connectivity index (χ0n) is 12.3. The molecule has 2 N–H and O–H groups in total. The summed E-state index contributed by atoms with van der Waals surface area (Å²) in [6.45, 7) is 3.81. The predicted octanol–water partition coefficient (Wildman–Crippen LogP) is 1.77. The maximum absolute atomic E-state index is 12.9. The van der Waals surface area contributed by atoms with E-state index < -0.39 is 10.0 Å². The van der Waals surface area contributed by atoms with Crippen molar-refractivity contribution in [2.45, 2.75) is 37.1 Å². The summed E-state index contributed by atoms with van der Waals surface area (Å²) in [6, 6.07) is 5.11. The van der Waals surface area contributed by atoms with Gasteiger partial charge in [0.1, 0.15) is 0 Å². The number of nitrogens with zero attached hydrogens (tertiary/aromatic N) is 1. The average molecular weight is 310 g/mol. The van der Waals surface area contributed by atoms with Gasteiger partial charge in [0.15, 0.2) is 0 Å². The van der Waals surface area contributed by atoms with Gasteiger partial charge in [0.2, 0.25) is 10.0 Å². The molecule has 3 rings (SSSR count). The molecule has 0 bridgehead atoms. The maximum Gasteiger partial charge on any atom is 0.243 e. The van der Waals surface area contributed by atoms with Gasteiger partial charge in [0.05, 0.1) is 11.5 Å². The van der Waals surface area contributed by atoms with E-state index >= 15 is 0 Å². The molecule has 1 aliphatic heterocycles. The Labute approximate surface area is 126 Å². The van der Waals surface area contributed by atoms with E-state index in [2.05, 4.69) is 0 Å². The van der Waals surface area contributed by atoms with Gasteiger partial charge in [-0.15, -0.1) is 0 Å². The molecular formula is C15H22N2O3S. The smallest absolute Gasteiger partial charge is 0.243 e. The number of hydrogen-bond donors (Lipinski definition) is 1. The third-order valence-electron chi connectivity index (χ3n) is 4.26. The molecule has 1 saturated carbocycles. The van der Waals surface area contributed by atoms with Crippen LogP contribution in [0.2, 0.25) is 0 Å². The van der Waals surface area contributed by atoms with E-state index in [1.54, 1.807) is 22.5 Å². The summed E-state index contributed by atoms with van der Waals surface area (Å²) in [6.07, 6.45) is 2.86. The molecule has 0 amide bonds. The van der Waals surface area contributed by atoms with Crippen molar-refractivity contribution >= 4 is 15.7 Å². The molecule has 1 unspecified atom stereocenters. The maximum atomic E-state index is 12.9. The Morgan fingerprint density at radius 3 is 2.67 bits per heavy atom. The number of nitrogens with two attached hydrogens (primary N) is 1. The quantitative estimate of drug-likeness (QED) is 0.841. The van der Waals surface area contributed by atoms with E-state index in [4.69, 9.17) is 10.5 Å². The SMILES string of the molecule is Cc1cc(S(=O)(=O)N(CC2CCOC2)C2CC2)ccc1N. The molecule has 0 aromatic heterocycles. The van der Waals surface area contributed by atoms with Crippen molar-refractivity contribution in [1.82, 2.24) is 4.31 Å². The summed E-state index contributed by atoms with van der Waals surface area (Å²) in [5, 5.41) is 0. The Morgan fingerprint density at radius 1 is 1.33 bits per heavy atom. The Morgan fingerprint density at radius 2 is 2.10 bits per heavy atom. The molecular weight excluding hydrogens is 288 g/mol. The number of hydrogen-bond acceptors (Lipinski definition) is 4. The van der Waals surface area contributed by atoms with E-state index in [0.717, 1.165) is 31.4 Å². The van der Waals surface area contributed by atoms with Crippen LogP contribution in [0, 0.1) is 12.8 Å². The number of sulfonamides is 1. The van der Waals surface area contributed by atoms with E-state index in [9.17, 15) is 8.42 Å². The first-order valence-corrected chi connectivity index (χ1v) is 8.88. The molecule has 5 nitrogen and oxygen atoms in total. The van der Waals surface area contributed by atoms with E-state index in [1.165, 1.54) is 0 Å². The fourth-order valence-electron chi connectivity index (χ4n) is 2.73. The zero-order valence-corrected chi connectivity index (χ0v) is 13.1. The lowest BCUT2D eigenvalue weighted by molar-refractivity contribution is 0.180. The van der Waals surface area contributed by atoms with Crippen LogP contribution in [0.1, 0.15) is 24.8 Å². The van der Waals surface area contributed by atoms with Crippen LogP contribution in [-0.4, -0.2) is 38.5 Å². The highest BCUT2D eigenvalue weighted by Crippen LogP contribution is 2.34. The van der Waals surface area contributed by atoms with Crippen molar-refractivity contribution < 1.29 is 13.2 Å². The third kappa shape index (κ3) is 3.07. The molecule has 6 heteroatoms. The number of aryl methyl sites for hydroxylation is 1. The Balaban J connectivity index is 1.87. The first-order valence-electron chi connectivity index (χ1n) is 7.44. The van der Waals surface area contributed by atoms with Crippen molar-refractivity contribution in [3.05, 3.63) is 23.8 Å². The summed E-state index contributed by atoms with van der Waals surface area (Å²) >= 11 is 0. The molecule has 1 saturated heterocycles. The molecule has 21 heavy (non-hydrogen) atoms. The highest BCUT2D eigenvalue weighted by Gasteiger charge is 2.39. The first-order chi connectivity index (χ1) is 9.98. The Kier molecular flexibility index (Phi) is 3.94. The average Bonchev–Trinajstić information content (AvgIpc) is 3.15. The number of anilines is 1. The van der Waals surface area contributed by atoms with E-state index in [1.807, 2.05) is 6.92 Å². The largest absolute Gasteiger partial charge is 0.399 e. The molecule has 1 atom stereocenters. The van der Waals surface area contributed by atoms with Crippen molar-refractivity contribution in [1.29, 1.82) is 0 Å². The van der Waals surface area contributed by atoms with Crippen LogP contribution in [0.25, 0.3) is 0 Å². The topological polar surface area (TPSA) is 72.6 Å². The Hall–Kier alpha value is -1.11. The normalized spacial score (nSPS) is 22.9. The van der Waals surface area contributed by atoms with Crippen LogP contribution in [0.4, 0.5) is 5.69 Å². The lowest BCUT2D eigenvalue weighted by atomic mass is 10.1. The van der Waals surface area contributed by atoms with Crippen molar-refractivity contribution in [3.8, 4) is 0 Å². The van der Waals surface area contributed by atoms with E-state index in [0.29, 0.717) is 29.7 Å². The molecule has 0 spiro atoms. The van der Waals surface area contributed by atoms with Crippen LogP contribution in [-0.2, 0) is 14.8 Å². The molecule has 116 valence electrons. The lowest BCUT2D eigenvalue weighted by Crippen LogP contribution is -2.37. The minimum Gasteiger partial charge on any atom is -0.399 e. The highest BCUT2D eigenvalue weighted by molar-refractivity contribution is 7.89. The summed E-state index contributed by atoms with van der Waals surface area (Å²) in [5.41, 5.74) is 7.21. The minimum absolute atomic E-state index is 0.161. The standard InChI is InChI=1S/C15H22N2O3S/c1-11-8-14(4-5-15(11)16)21(18,19)17(13-2-3-13)9-12-6-7-20-10-12/h4-5,8,12-13H,2-3,6-7,9-10,16H2,1H3. The van der Waals surface area contributed by atoms with Crippen LogP contribution in [0.3, 0.4) is 0 Å². The van der Waals surface area contributed by atoms with Crippen molar-refractivity contribution in [2.24, 2.45) is 5.92 Å². The second kappa shape index (κ2) is 5.59. The van der Waals surface area contributed by atoms with Crippen molar-refractivity contribution in [3.63, 3.8) is 0 Å². The number of rotatable bonds is 5. The monoisotopic (exact) mass is 310 g/mol. The predicted molar refractivity (Wildman–Crippen MR) is 81.4 cm³/mol. The molecule has 2 aliphatic rings. The third-order valence-corrected chi connectivity index (χ3v) is 6.18. The molecule has 1 aromatic rings. The molecule has 1 heterocycles. The summed E-state index contributed by atoms with van der Waals surface area (Å²) in [4.78, 5) is 0.347. The Bertz CT molecular complexity index is 620. The van der Waals surface area contributed by atoms with Gasteiger partial charge in [-0.25, -0.2) is 8.42 Å². The fraction of sp³-hybridized carbons (Fsp3) is 0.600. The highest BCUT2D eigenvalue weighted by atomic mass is 32.2. The van der Waals surface area contributed by atoms with Gasteiger partial charge in [0.25, 0.3) is 0 Å². The van der Waals surface area contributed by atoms with Gasteiger partial charge in [-0.2, -0.15) is 4.31 Å². The summed E-state index contributed by atoms with van der Waals surface area (Å²) in [7, 11) is -3.44. The van der Waals surface area contributed by atoms with E-state index in [-0.39, 0.29) is 6.04 Å². The lowest BCUT2D eigenvalue weighted by Gasteiger charge is -2.24. The number of benzene rings is 1. The second-order valence-electron chi connectivity index (χ2n) is 6.05. The first kappa shape index (κ1) is 14.8. The van der Waals surface area contributed by atoms with Gasteiger partial charge >= 0.3 is 0 Å². The summed E-state index contributed by atoms with van der Waals surface area (Å²) < 4.78 is 32.9. The molecule has 1 aliphatic carbocycles. The molecule has 2 fully saturated rings. The second-order valence-corrected chi connectivity index (χ2v) is 7.94. The zero-order chi connectivity index (χ0) is 15.0. The van der Waals surface area contributed by atoms with Gasteiger partial charge < -0.3 is 10.5 Å². The van der Waals surface area contributed by atoms with Crippen LogP contribution in [0.5, 0.6) is 0 Å². The van der Waals surface area contributed by atoms with Gasteiger partial charge in [-0.05, 0) is 55.9 Å². The molecule has 1 aromatic carbocycles. The van der Waals surface area contributed by atoms with Crippen molar-refractivity contribution in [2.75, 3.05) is 25.5 Å². The van der Waals surface area contributed by atoms with Gasteiger partial charge in [0, 0.05) is 24.9 Å². The van der Waals surface area contributed by atoms with Gasteiger partial charge in [-0.1, -0.05) is 0 Å². The minimum atomic E-state index is -3.44. The number of ether oxygens (including phenoxy) is 1. The number of nitrogen functional groups attached to an aromatic ring is 1. The molecule has 0 radical (unpaired) electrons. The van der Waals surface area contributed by atoms with Crippen LogP contribution < -0.4 is 5.73 Å².